The van der Waals surface area contributed by atoms with E-state index in [-0.39, 0.29) is 5.78 Å². The van der Waals surface area contributed by atoms with Crippen LogP contribution in [0.4, 0.5) is 0 Å². The SMILES string of the molecule is C=CCc1c(OCCCOc2ccc3c(c2CCC)OC(C(=O)O)CC3)ccc(C(C)=O)c1OC. The van der Waals surface area contributed by atoms with Crippen molar-refractivity contribution in [2.24, 2.45) is 0 Å². The van der Waals surface area contributed by atoms with Crippen LogP contribution in [-0.4, -0.2) is 43.3 Å². The molecule has 0 spiro atoms. The average Bonchev–Trinajstić information content (AvgIpc) is 2.85. The van der Waals surface area contributed by atoms with Crippen LogP contribution in [0.15, 0.2) is 36.9 Å². The number of fused-ring (bicyclic) bond motifs is 1. The number of carboxylic acids is 1. The van der Waals surface area contributed by atoms with Gasteiger partial charge in [-0.2, -0.15) is 0 Å². The minimum Gasteiger partial charge on any atom is -0.496 e. The van der Waals surface area contributed by atoms with Crippen molar-refractivity contribution < 1.29 is 33.6 Å². The van der Waals surface area contributed by atoms with Gasteiger partial charge in [-0.25, -0.2) is 4.79 Å². The Balaban J connectivity index is 1.66. The third-order valence-electron chi connectivity index (χ3n) is 5.96. The zero-order valence-corrected chi connectivity index (χ0v) is 20.7. The fourth-order valence-electron chi connectivity index (χ4n) is 4.30. The van der Waals surface area contributed by atoms with E-state index in [1.165, 1.54) is 6.92 Å². The number of aryl methyl sites for hydroxylation is 1. The van der Waals surface area contributed by atoms with E-state index in [9.17, 15) is 14.7 Å². The van der Waals surface area contributed by atoms with Crippen LogP contribution in [-0.2, 0) is 24.1 Å². The Morgan fingerprint density at radius 3 is 2.43 bits per heavy atom. The molecule has 7 nitrogen and oxygen atoms in total. The minimum absolute atomic E-state index is 0.0706. The Kier molecular flexibility index (Phi) is 9.18. The topological polar surface area (TPSA) is 91.3 Å². The molecule has 0 bridgehead atoms. The van der Waals surface area contributed by atoms with Crippen LogP contribution < -0.4 is 18.9 Å². The summed E-state index contributed by atoms with van der Waals surface area (Å²) < 4.78 is 23.4. The zero-order valence-electron chi connectivity index (χ0n) is 20.7. The van der Waals surface area contributed by atoms with Gasteiger partial charge in [-0.15, -0.1) is 6.58 Å². The monoisotopic (exact) mass is 482 g/mol. The van der Waals surface area contributed by atoms with E-state index in [0.29, 0.717) is 61.7 Å². The quantitative estimate of drug-likeness (QED) is 0.238. The summed E-state index contributed by atoms with van der Waals surface area (Å²) in [5.41, 5.74) is 3.26. The van der Waals surface area contributed by atoms with E-state index >= 15 is 0 Å². The Morgan fingerprint density at radius 1 is 1.14 bits per heavy atom. The molecule has 2 aromatic carbocycles. The Hall–Kier alpha value is -3.48. The zero-order chi connectivity index (χ0) is 25.4. The van der Waals surface area contributed by atoms with E-state index in [1.54, 1.807) is 25.3 Å². The maximum absolute atomic E-state index is 11.9. The summed E-state index contributed by atoms with van der Waals surface area (Å²) in [4.78, 5) is 23.4. The molecule has 0 aromatic heterocycles. The third-order valence-corrected chi connectivity index (χ3v) is 5.96. The number of carbonyl (C=O) groups excluding carboxylic acids is 1. The lowest BCUT2D eigenvalue weighted by Gasteiger charge is -2.26. The van der Waals surface area contributed by atoms with E-state index in [4.69, 9.17) is 18.9 Å². The number of ether oxygens (including phenoxy) is 4. The first-order chi connectivity index (χ1) is 16.9. The van der Waals surface area contributed by atoms with Gasteiger partial charge in [0.15, 0.2) is 11.9 Å². The highest BCUT2D eigenvalue weighted by molar-refractivity contribution is 5.97. The number of ketones is 1. The Bertz CT molecular complexity index is 1070. The van der Waals surface area contributed by atoms with Gasteiger partial charge in [0.05, 0.1) is 25.9 Å². The molecule has 1 atom stereocenters. The van der Waals surface area contributed by atoms with Gasteiger partial charge in [-0.05, 0) is 56.4 Å². The van der Waals surface area contributed by atoms with Crippen molar-refractivity contribution in [3.63, 3.8) is 0 Å². The highest BCUT2D eigenvalue weighted by Gasteiger charge is 2.28. The lowest BCUT2D eigenvalue weighted by Crippen LogP contribution is -2.31. The van der Waals surface area contributed by atoms with Gasteiger partial charge < -0.3 is 24.1 Å². The molecule has 1 unspecified atom stereocenters. The summed E-state index contributed by atoms with van der Waals surface area (Å²) in [5, 5.41) is 9.38. The van der Waals surface area contributed by atoms with Crippen LogP contribution >= 0.6 is 0 Å². The number of hydrogen-bond acceptors (Lipinski definition) is 6. The highest BCUT2D eigenvalue weighted by atomic mass is 16.5. The first kappa shape index (κ1) is 26.1. The molecule has 2 aromatic rings. The fraction of sp³-hybridized carbons (Fsp3) is 0.429. The van der Waals surface area contributed by atoms with Crippen molar-refractivity contribution in [1.82, 2.24) is 0 Å². The number of benzene rings is 2. The Labute approximate surface area is 206 Å². The molecule has 1 N–H and O–H groups in total. The van der Waals surface area contributed by atoms with Crippen LogP contribution in [0.2, 0.25) is 0 Å². The predicted octanol–water partition coefficient (Wildman–Crippen LogP) is 5.20. The molecule has 0 amide bonds. The van der Waals surface area contributed by atoms with E-state index in [2.05, 4.69) is 13.5 Å². The number of methoxy groups -OCH3 is 1. The number of aliphatic carboxylic acids is 1. The van der Waals surface area contributed by atoms with Gasteiger partial charge in [0.2, 0.25) is 0 Å². The second kappa shape index (κ2) is 12.3. The van der Waals surface area contributed by atoms with E-state index in [1.807, 2.05) is 12.1 Å². The number of hydrogen-bond donors (Lipinski definition) is 1. The first-order valence-electron chi connectivity index (χ1n) is 12.0. The van der Waals surface area contributed by atoms with Crippen molar-refractivity contribution in [3.05, 3.63) is 59.2 Å². The normalized spacial score (nSPS) is 14.4. The molecule has 3 rings (SSSR count). The number of carbonyl (C=O) groups is 2. The van der Waals surface area contributed by atoms with Gasteiger partial charge in [0.1, 0.15) is 23.0 Å². The van der Waals surface area contributed by atoms with Crippen LogP contribution in [0, 0.1) is 0 Å². The standard InChI is InChI=1S/C28H34O7/c1-5-8-21-23(13-10-19-11-14-25(28(30)31)35-26(19)21)33-16-7-17-34-24-15-12-20(18(3)29)27(32-4)22(24)9-6-2/h6,10,12-13,15,25H,2,5,7-9,11,14,16-17H2,1,3-4H3,(H,30,31). The molecule has 0 saturated carbocycles. The number of rotatable bonds is 13. The average molecular weight is 483 g/mol. The molecule has 0 saturated heterocycles. The van der Waals surface area contributed by atoms with Gasteiger partial charge in [0.25, 0.3) is 0 Å². The lowest BCUT2D eigenvalue weighted by molar-refractivity contribution is -0.145. The fourth-order valence-corrected chi connectivity index (χ4v) is 4.30. The van der Waals surface area contributed by atoms with Gasteiger partial charge >= 0.3 is 5.97 Å². The summed E-state index contributed by atoms with van der Waals surface area (Å²) in [6, 6.07) is 7.41. The van der Waals surface area contributed by atoms with Crippen LogP contribution in [0.1, 0.15) is 60.2 Å². The molecule has 0 fully saturated rings. The van der Waals surface area contributed by atoms with Crippen LogP contribution in [0.25, 0.3) is 0 Å². The number of allylic oxidation sites excluding steroid dienone is 1. The minimum atomic E-state index is -0.939. The molecule has 35 heavy (non-hydrogen) atoms. The molecular formula is C28H34O7. The largest absolute Gasteiger partial charge is 0.496 e. The summed E-state index contributed by atoms with van der Waals surface area (Å²) in [7, 11) is 1.54. The van der Waals surface area contributed by atoms with Gasteiger partial charge in [-0.3, -0.25) is 4.79 Å². The molecule has 0 aliphatic carbocycles. The van der Waals surface area contributed by atoms with Crippen molar-refractivity contribution in [1.29, 1.82) is 0 Å². The van der Waals surface area contributed by atoms with Gasteiger partial charge in [-0.1, -0.05) is 25.5 Å². The van der Waals surface area contributed by atoms with Crippen molar-refractivity contribution in [2.75, 3.05) is 20.3 Å². The summed E-state index contributed by atoms with van der Waals surface area (Å²) in [6.07, 6.45) is 4.86. The number of carboxylic acid groups (broad SMARTS) is 1. The molecule has 1 aliphatic heterocycles. The second-order valence-electron chi connectivity index (χ2n) is 8.49. The van der Waals surface area contributed by atoms with Crippen molar-refractivity contribution >= 4 is 11.8 Å². The smallest absolute Gasteiger partial charge is 0.344 e. The maximum Gasteiger partial charge on any atom is 0.344 e. The van der Waals surface area contributed by atoms with Gasteiger partial charge in [0, 0.05) is 17.5 Å². The molecule has 188 valence electrons. The third kappa shape index (κ3) is 6.15. The lowest BCUT2D eigenvalue weighted by atomic mass is 9.96. The Morgan fingerprint density at radius 2 is 1.83 bits per heavy atom. The summed E-state index contributed by atoms with van der Waals surface area (Å²) in [6.45, 7) is 8.22. The molecular weight excluding hydrogens is 448 g/mol. The van der Waals surface area contributed by atoms with Crippen molar-refractivity contribution in [3.8, 4) is 23.0 Å². The molecule has 1 aliphatic rings. The van der Waals surface area contributed by atoms with Crippen molar-refractivity contribution in [2.45, 2.75) is 58.5 Å². The first-order valence-corrected chi connectivity index (χ1v) is 12.0. The summed E-state index contributed by atoms with van der Waals surface area (Å²) >= 11 is 0. The van der Waals surface area contributed by atoms with Crippen LogP contribution in [0.3, 0.4) is 0 Å². The molecule has 0 radical (unpaired) electrons. The second-order valence-corrected chi connectivity index (χ2v) is 8.49. The van der Waals surface area contributed by atoms with Crippen LogP contribution in [0.5, 0.6) is 23.0 Å². The molecule has 1 heterocycles. The van der Waals surface area contributed by atoms with E-state index in [0.717, 1.165) is 35.3 Å². The summed E-state index contributed by atoms with van der Waals surface area (Å²) in [5.74, 6) is 1.54. The highest BCUT2D eigenvalue weighted by Crippen LogP contribution is 2.38. The van der Waals surface area contributed by atoms with E-state index < -0.39 is 12.1 Å². The number of Topliss-reactive ketones (excluding diaryl/α,β-unsaturated/α-hetero) is 1. The predicted molar refractivity (Wildman–Crippen MR) is 133 cm³/mol. The maximum atomic E-state index is 11.9. The molecule has 7 heteroatoms.